The number of benzene rings is 2. The summed E-state index contributed by atoms with van der Waals surface area (Å²) in [5.74, 6) is 0.667. The van der Waals surface area contributed by atoms with Crippen LogP contribution in [0.25, 0.3) is 32.9 Å². The van der Waals surface area contributed by atoms with Gasteiger partial charge >= 0.3 is 0 Å². The summed E-state index contributed by atoms with van der Waals surface area (Å²) < 4.78 is 27.3. The van der Waals surface area contributed by atoms with Crippen LogP contribution in [0.15, 0.2) is 36.5 Å². The second kappa shape index (κ2) is 6.60. The summed E-state index contributed by atoms with van der Waals surface area (Å²) >= 11 is 0. The van der Waals surface area contributed by atoms with Crippen LogP contribution in [-0.2, 0) is 6.54 Å². The molecular weight excluding hydrogens is 361 g/mol. The number of ether oxygens (including phenoxy) is 2. The van der Waals surface area contributed by atoms with Crippen LogP contribution in [0.2, 0.25) is 0 Å². The summed E-state index contributed by atoms with van der Waals surface area (Å²) in [5.41, 5.74) is 8.44. The number of aromatic nitrogens is 2. The topological polar surface area (TPSA) is 82.5 Å². The molecule has 0 saturated heterocycles. The Bertz CT molecular complexity index is 1220. The van der Waals surface area contributed by atoms with Gasteiger partial charge < -0.3 is 24.9 Å². The lowest BCUT2D eigenvalue weighted by Crippen LogP contribution is -1.97. The van der Waals surface area contributed by atoms with Crippen LogP contribution in [0.5, 0.6) is 17.4 Å². The molecule has 2 aromatic carbocycles. The van der Waals surface area contributed by atoms with Gasteiger partial charge in [0.1, 0.15) is 17.3 Å². The number of hydrogen-bond acceptors (Lipinski definition) is 5. The highest BCUT2D eigenvalue weighted by molar-refractivity contribution is 6.12. The van der Waals surface area contributed by atoms with Crippen molar-refractivity contribution in [3.63, 3.8) is 0 Å². The number of fused-ring (bicyclic) bond motifs is 2. The Balaban J connectivity index is 2.11. The van der Waals surface area contributed by atoms with Crippen molar-refractivity contribution < 1.29 is 19.0 Å². The standard InChI is InChI=1S/C21H20FN3O3/c1-4-25-10-15-18(21(25)26)19(23)13-7-8-14(22)17(20(13)24-15)12-6-5-11(27-2)9-16(12)28-3/h5-10,26H,4,23H2,1-3H3. The number of anilines is 1. The van der Waals surface area contributed by atoms with Gasteiger partial charge in [-0.1, -0.05) is 0 Å². The third kappa shape index (κ3) is 2.51. The second-order valence-electron chi connectivity index (χ2n) is 6.41. The maximum atomic E-state index is 15.0. The molecule has 0 fully saturated rings. The first kappa shape index (κ1) is 17.9. The quantitative estimate of drug-likeness (QED) is 0.550. The van der Waals surface area contributed by atoms with E-state index in [-0.39, 0.29) is 11.4 Å². The smallest absolute Gasteiger partial charge is 0.202 e. The third-order valence-electron chi connectivity index (χ3n) is 4.97. The fourth-order valence-electron chi connectivity index (χ4n) is 3.53. The molecule has 0 aliphatic rings. The molecule has 144 valence electrons. The van der Waals surface area contributed by atoms with Gasteiger partial charge in [0, 0.05) is 35.3 Å². The van der Waals surface area contributed by atoms with E-state index in [4.69, 9.17) is 15.2 Å². The second-order valence-corrected chi connectivity index (χ2v) is 6.41. The van der Waals surface area contributed by atoms with E-state index in [2.05, 4.69) is 4.98 Å². The summed E-state index contributed by atoms with van der Waals surface area (Å²) in [5, 5.41) is 11.5. The van der Waals surface area contributed by atoms with E-state index in [0.717, 1.165) is 0 Å². The summed E-state index contributed by atoms with van der Waals surface area (Å²) in [4.78, 5) is 4.64. The fraction of sp³-hybridized carbons (Fsp3) is 0.190. The summed E-state index contributed by atoms with van der Waals surface area (Å²) in [6.07, 6.45) is 1.71. The zero-order valence-corrected chi connectivity index (χ0v) is 15.8. The molecule has 6 nitrogen and oxygen atoms in total. The molecule has 0 aliphatic carbocycles. The minimum atomic E-state index is -0.443. The molecule has 7 heteroatoms. The van der Waals surface area contributed by atoms with Crippen molar-refractivity contribution in [2.45, 2.75) is 13.5 Å². The number of rotatable bonds is 4. The molecule has 0 bridgehead atoms. The largest absolute Gasteiger partial charge is 0.497 e. The first-order chi connectivity index (χ1) is 13.5. The Morgan fingerprint density at radius 1 is 1.18 bits per heavy atom. The summed E-state index contributed by atoms with van der Waals surface area (Å²) in [6.45, 7) is 2.47. The van der Waals surface area contributed by atoms with Gasteiger partial charge in [-0.15, -0.1) is 0 Å². The van der Waals surface area contributed by atoms with Gasteiger partial charge in [-0.2, -0.15) is 0 Å². The van der Waals surface area contributed by atoms with Crippen molar-refractivity contribution in [2.24, 2.45) is 0 Å². The number of aromatic hydroxyl groups is 1. The van der Waals surface area contributed by atoms with Gasteiger partial charge in [-0.25, -0.2) is 9.37 Å². The van der Waals surface area contributed by atoms with Crippen LogP contribution in [0.3, 0.4) is 0 Å². The van der Waals surface area contributed by atoms with Crippen molar-refractivity contribution in [3.05, 3.63) is 42.3 Å². The molecular formula is C21H20FN3O3. The van der Waals surface area contributed by atoms with Crippen molar-refractivity contribution in [1.29, 1.82) is 0 Å². The molecule has 0 atom stereocenters. The average molecular weight is 381 g/mol. The number of aryl methyl sites for hydroxylation is 1. The highest BCUT2D eigenvalue weighted by Gasteiger charge is 2.21. The van der Waals surface area contributed by atoms with E-state index in [0.29, 0.717) is 51.1 Å². The van der Waals surface area contributed by atoms with Crippen LogP contribution in [-0.4, -0.2) is 28.9 Å². The van der Waals surface area contributed by atoms with E-state index >= 15 is 0 Å². The molecule has 28 heavy (non-hydrogen) atoms. The van der Waals surface area contributed by atoms with Gasteiger partial charge in [0.2, 0.25) is 5.88 Å². The SMILES string of the molecule is CCn1cc2nc3c(-c4ccc(OC)cc4OC)c(F)ccc3c(N)c2c1O. The number of methoxy groups -OCH3 is 2. The van der Waals surface area contributed by atoms with E-state index in [9.17, 15) is 9.50 Å². The van der Waals surface area contributed by atoms with E-state index < -0.39 is 5.82 Å². The summed E-state index contributed by atoms with van der Waals surface area (Å²) in [7, 11) is 3.07. The Morgan fingerprint density at radius 3 is 2.64 bits per heavy atom. The third-order valence-corrected chi connectivity index (χ3v) is 4.97. The molecule has 0 saturated carbocycles. The van der Waals surface area contributed by atoms with E-state index in [1.165, 1.54) is 13.2 Å². The molecule has 4 aromatic rings. The van der Waals surface area contributed by atoms with Crippen LogP contribution in [0, 0.1) is 5.82 Å². The zero-order valence-electron chi connectivity index (χ0n) is 15.8. The molecule has 4 rings (SSSR count). The van der Waals surface area contributed by atoms with Crippen molar-refractivity contribution in [3.8, 4) is 28.5 Å². The molecule has 0 amide bonds. The monoisotopic (exact) mass is 381 g/mol. The number of pyridine rings is 1. The maximum Gasteiger partial charge on any atom is 0.202 e. The van der Waals surface area contributed by atoms with Gasteiger partial charge in [-0.05, 0) is 31.2 Å². The number of nitrogens with two attached hydrogens (primary N) is 1. The first-order valence-corrected chi connectivity index (χ1v) is 8.82. The van der Waals surface area contributed by atoms with Gasteiger partial charge in [0.05, 0.1) is 36.3 Å². The molecule has 2 aromatic heterocycles. The Morgan fingerprint density at radius 2 is 1.96 bits per heavy atom. The Hall–Kier alpha value is -3.48. The van der Waals surface area contributed by atoms with Gasteiger partial charge in [0.15, 0.2) is 0 Å². The molecule has 0 unspecified atom stereocenters. The lowest BCUT2D eigenvalue weighted by atomic mass is 9.98. The van der Waals surface area contributed by atoms with Crippen LogP contribution >= 0.6 is 0 Å². The average Bonchev–Trinajstić information content (AvgIpc) is 3.03. The summed E-state index contributed by atoms with van der Waals surface area (Å²) in [6, 6.07) is 8.08. The molecule has 0 aliphatic heterocycles. The molecule has 2 heterocycles. The number of hydrogen-bond donors (Lipinski definition) is 2. The predicted molar refractivity (Wildman–Crippen MR) is 107 cm³/mol. The maximum absolute atomic E-state index is 15.0. The van der Waals surface area contributed by atoms with Gasteiger partial charge in [-0.3, -0.25) is 0 Å². The van der Waals surface area contributed by atoms with Gasteiger partial charge in [0.25, 0.3) is 0 Å². The molecule has 0 radical (unpaired) electrons. The Labute approximate surface area is 160 Å². The van der Waals surface area contributed by atoms with Crippen LogP contribution in [0.4, 0.5) is 10.1 Å². The van der Waals surface area contributed by atoms with Crippen LogP contribution < -0.4 is 15.2 Å². The van der Waals surface area contributed by atoms with Crippen LogP contribution in [0.1, 0.15) is 6.92 Å². The molecule has 0 spiro atoms. The minimum Gasteiger partial charge on any atom is -0.497 e. The highest BCUT2D eigenvalue weighted by atomic mass is 19.1. The zero-order chi connectivity index (χ0) is 20.0. The van der Waals surface area contributed by atoms with Crippen molar-refractivity contribution >= 4 is 27.5 Å². The van der Waals surface area contributed by atoms with E-state index in [1.54, 1.807) is 42.1 Å². The van der Waals surface area contributed by atoms with Crippen molar-refractivity contribution in [2.75, 3.05) is 20.0 Å². The molecule has 3 N–H and O–H groups in total. The lowest BCUT2D eigenvalue weighted by molar-refractivity contribution is 0.395. The number of halogens is 1. The van der Waals surface area contributed by atoms with Crippen molar-refractivity contribution in [1.82, 2.24) is 9.55 Å². The van der Waals surface area contributed by atoms with E-state index in [1.807, 2.05) is 6.92 Å². The normalized spacial score (nSPS) is 11.3. The highest BCUT2D eigenvalue weighted by Crippen LogP contribution is 2.42. The lowest BCUT2D eigenvalue weighted by Gasteiger charge is -2.14. The predicted octanol–water partition coefficient (Wildman–Crippen LogP) is 4.32. The Kier molecular flexibility index (Phi) is 4.22. The minimum absolute atomic E-state index is 0.0531. The number of nitrogens with zero attached hydrogens (tertiary/aromatic N) is 2. The fourth-order valence-corrected chi connectivity index (χ4v) is 3.53. The number of nitrogen functional groups attached to an aromatic ring is 1. The first-order valence-electron chi connectivity index (χ1n) is 8.82.